The van der Waals surface area contributed by atoms with E-state index in [-0.39, 0.29) is 18.2 Å². The molecular formula is C17H20N2O3S. The zero-order valence-corrected chi connectivity index (χ0v) is 14.5. The van der Waals surface area contributed by atoms with Crippen LogP contribution in [0.4, 0.5) is 5.13 Å². The number of amides is 1. The van der Waals surface area contributed by atoms with Crippen LogP contribution in [0.2, 0.25) is 0 Å². The quantitative estimate of drug-likeness (QED) is 0.876. The monoisotopic (exact) mass is 332 g/mol. The van der Waals surface area contributed by atoms with Gasteiger partial charge in [0.25, 0.3) is 0 Å². The van der Waals surface area contributed by atoms with E-state index in [2.05, 4.69) is 10.3 Å². The molecule has 0 aliphatic rings. The lowest BCUT2D eigenvalue weighted by molar-refractivity contribution is -0.136. The van der Waals surface area contributed by atoms with Gasteiger partial charge in [0.15, 0.2) is 5.13 Å². The van der Waals surface area contributed by atoms with Crippen molar-refractivity contribution in [1.82, 2.24) is 4.98 Å². The van der Waals surface area contributed by atoms with E-state index >= 15 is 0 Å². The summed E-state index contributed by atoms with van der Waals surface area (Å²) in [5, 5.41) is 12.3. The van der Waals surface area contributed by atoms with Crippen LogP contribution in [0.5, 0.6) is 0 Å². The van der Waals surface area contributed by atoms with Crippen LogP contribution < -0.4 is 5.32 Å². The van der Waals surface area contributed by atoms with E-state index in [1.807, 2.05) is 32.0 Å². The number of nitrogens with zero attached hydrogens (tertiary/aromatic N) is 1. The van der Waals surface area contributed by atoms with Gasteiger partial charge in [-0.15, -0.1) is 11.3 Å². The van der Waals surface area contributed by atoms with Crippen molar-refractivity contribution in [2.75, 3.05) is 5.32 Å². The largest absolute Gasteiger partial charge is 0.481 e. The average molecular weight is 332 g/mol. The number of benzene rings is 1. The molecule has 6 heteroatoms. The lowest BCUT2D eigenvalue weighted by Crippen LogP contribution is -2.17. The van der Waals surface area contributed by atoms with E-state index < -0.39 is 5.97 Å². The molecule has 0 aliphatic heterocycles. The molecule has 0 atom stereocenters. The molecule has 0 saturated carbocycles. The third-order valence-corrected chi connectivity index (χ3v) is 4.37. The van der Waals surface area contributed by atoms with Crippen LogP contribution in [0.3, 0.4) is 0 Å². The molecule has 2 aromatic rings. The maximum absolute atomic E-state index is 11.8. The van der Waals surface area contributed by atoms with Crippen LogP contribution in [-0.4, -0.2) is 22.0 Å². The molecule has 0 radical (unpaired) electrons. The fraction of sp³-hybridized carbons (Fsp3) is 0.353. The van der Waals surface area contributed by atoms with Crippen LogP contribution in [0.15, 0.2) is 18.2 Å². The van der Waals surface area contributed by atoms with Gasteiger partial charge in [-0.05, 0) is 19.4 Å². The molecule has 122 valence electrons. The van der Waals surface area contributed by atoms with Gasteiger partial charge in [0, 0.05) is 16.4 Å². The lowest BCUT2D eigenvalue weighted by atomic mass is 10.0. The van der Waals surface area contributed by atoms with Gasteiger partial charge in [-0.2, -0.15) is 0 Å². The highest BCUT2D eigenvalue weighted by Crippen LogP contribution is 2.34. The summed E-state index contributed by atoms with van der Waals surface area (Å²) in [6.45, 7) is 7.57. The second-order valence-corrected chi connectivity index (χ2v) is 6.91. The molecule has 2 rings (SSSR count). The maximum atomic E-state index is 11.8. The molecule has 23 heavy (non-hydrogen) atoms. The van der Waals surface area contributed by atoms with Crippen LogP contribution in [0.1, 0.15) is 29.9 Å². The van der Waals surface area contributed by atoms with E-state index in [1.165, 1.54) is 11.3 Å². The summed E-state index contributed by atoms with van der Waals surface area (Å²) in [7, 11) is 0. The highest BCUT2D eigenvalue weighted by molar-refractivity contribution is 7.16. The fourth-order valence-corrected chi connectivity index (χ4v) is 3.17. The second kappa shape index (κ2) is 6.91. The number of rotatable bonds is 5. The van der Waals surface area contributed by atoms with Crippen molar-refractivity contribution in [2.45, 2.75) is 34.1 Å². The van der Waals surface area contributed by atoms with E-state index in [0.717, 1.165) is 16.7 Å². The summed E-state index contributed by atoms with van der Waals surface area (Å²) in [5.74, 6) is -1.21. The number of aromatic nitrogens is 1. The number of carbonyl (C=O) groups excluding carboxylic acids is 1. The fourth-order valence-electron chi connectivity index (χ4n) is 2.20. The highest BCUT2D eigenvalue weighted by Gasteiger charge is 2.19. The van der Waals surface area contributed by atoms with Crippen molar-refractivity contribution in [1.29, 1.82) is 0 Å². The maximum Gasteiger partial charge on any atom is 0.308 e. The van der Waals surface area contributed by atoms with Gasteiger partial charge in [0.2, 0.25) is 5.91 Å². The predicted octanol–water partition coefficient (Wildman–Crippen LogP) is 3.65. The SMILES string of the molecule is Cc1ccc(-c2nc(NC(=O)C(C)C)sc2CC(=O)O)c(C)c1. The summed E-state index contributed by atoms with van der Waals surface area (Å²) < 4.78 is 0. The molecule has 1 amide bonds. The molecule has 0 fully saturated rings. The number of carboxylic acid groups (broad SMARTS) is 1. The summed E-state index contributed by atoms with van der Waals surface area (Å²) in [6, 6.07) is 5.95. The van der Waals surface area contributed by atoms with Gasteiger partial charge < -0.3 is 10.4 Å². The number of carbonyl (C=O) groups is 2. The normalized spacial score (nSPS) is 10.8. The Morgan fingerprint density at radius 2 is 2.00 bits per heavy atom. The first-order valence-corrected chi connectivity index (χ1v) is 8.19. The Morgan fingerprint density at radius 1 is 1.30 bits per heavy atom. The molecule has 1 heterocycles. The smallest absolute Gasteiger partial charge is 0.308 e. The standard InChI is InChI=1S/C17H20N2O3S/c1-9(2)16(22)19-17-18-15(13(23-17)8-14(20)21)12-6-5-10(3)7-11(12)4/h5-7,9H,8H2,1-4H3,(H,20,21)(H,18,19,22). The Morgan fingerprint density at radius 3 is 2.57 bits per heavy atom. The van der Waals surface area contributed by atoms with Crippen LogP contribution in [-0.2, 0) is 16.0 Å². The Kier molecular flexibility index (Phi) is 5.15. The minimum absolute atomic E-state index is 0.113. The topological polar surface area (TPSA) is 79.3 Å². The van der Waals surface area contributed by atoms with E-state index in [4.69, 9.17) is 5.11 Å². The van der Waals surface area contributed by atoms with Crippen molar-refractivity contribution in [3.63, 3.8) is 0 Å². The molecule has 1 aromatic heterocycles. The van der Waals surface area contributed by atoms with Crippen molar-refractivity contribution >= 4 is 28.3 Å². The number of carboxylic acids is 1. The third-order valence-electron chi connectivity index (χ3n) is 3.40. The van der Waals surface area contributed by atoms with Crippen molar-refractivity contribution in [3.05, 3.63) is 34.2 Å². The zero-order chi connectivity index (χ0) is 17.1. The van der Waals surface area contributed by atoms with Crippen molar-refractivity contribution < 1.29 is 14.7 Å². The molecule has 0 spiro atoms. The Bertz CT molecular complexity index is 750. The number of thiazole rings is 1. The first-order valence-electron chi connectivity index (χ1n) is 7.38. The molecule has 0 saturated heterocycles. The van der Waals surface area contributed by atoms with Gasteiger partial charge >= 0.3 is 5.97 Å². The molecular weight excluding hydrogens is 312 g/mol. The van der Waals surface area contributed by atoms with Gasteiger partial charge in [0.05, 0.1) is 12.1 Å². The van der Waals surface area contributed by atoms with Gasteiger partial charge in [0.1, 0.15) is 0 Å². The molecule has 1 aromatic carbocycles. The minimum atomic E-state index is -0.915. The van der Waals surface area contributed by atoms with E-state index in [9.17, 15) is 9.59 Å². The number of anilines is 1. The number of nitrogens with one attached hydrogen (secondary N) is 1. The summed E-state index contributed by atoms with van der Waals surface area (Å²) in [4.78, 5) is 28.1. The number of hydrogen-bond donors (Lipinski definition) is 2. The first kappa shape index (κ1) is 17.1. The number of hydrogen-bond acceptors (Lipinski definition) is 4. The van der Waals surface area contributed by atoms with Gasteiger partial charge in [-0.3, -0.25) is 9.59 Å². The number of aliphatic carboxylic acids is 1. The van der Waals surface area contributed by atoms with Gasteiger partial charge in [-0.1, -0.05) is 37.6 Å². The Balaban J connectivity index is 2.45. The van der Waals surface area contributed by atoms with E-state index in [0.29, 0.717) is 15.7 Å². The highest BCUT2D eigenvalue weighted by atomic mass is 32.1. The lowest BCUT2D eigenvalue weighted by Gasteiger charge is -2.06. The van der Waals surface area contributed by atoms with Crippen LogP contribution in [0.25, 0.3) is 11.3 Å². The first-order chi connectivity index (χ1) is 10.8. The zero-order valence-electron chi connectivity index (χ0n) is 13.6. The van der Waals surface area contributed by atoms with Crippen LogP contribution in [0, 0.1) is 19.8 Å². The molecule has 0 bridgehead atoms. The Labute approximate surface area is 139 Å². The van der Waals surface area contributed by atoms with Gasteiger partial charge in [-0.25, -0.2) is 4.98 Å². The van der Waals surface area contributed by atoms with E-state index in [1.54, 1.807) is 13.8 Å². The van der Waals surface area contributed by atoms with Crippen molar-refractivity contribution in [2.24, 2.45) is 5.92 Å². The average Bonchev–Trinajstić information content (AvgIpc) is 2.80. The molecule has 0 aliphatic carbocycles. The number of aryl methyl sites for hydroxylation is 2. The van der Waals surface area contributed by atoms with Crippen LogP contribution >= 0.6 is 11.3 Å². The molecule has 5 nitrogen and oxygen atoms in total. The summed E-state index contributed by atoms with van der Waals surface area (Å²) in [5.41, 5.74) is 3.69. The van der Waals surface area contributed by atoms with Crippen molar-refractivity contribution in [3.8, 4) is 11.3 Å². The molecule has 0 unspecified atom stereocenters. The summed E-state index contributed by atoms with van der Waals surface area (Å²) >= 11 is 1.22. The molecule has 2 N–H and O–H groups in total. The predicted molar refractivity (Wildman–Crippen MR) is 91.8 cm³/mol. The second-order valence-electron chi connectivity index (χ2n) is 5.82. The Hall–Kier alpha value is -2.21. The minimum Gasteiger partial charge on any atom is -0.481 e. The summed E-state index contributed by atoms with van der Waals surface area (Å²) in [6.07, 6.45) is -0.113. The third kappa shape index (κ3) is 4.16.